The lowest BCUT2D eigenvalue weighted by Gasteiger charge is -2.17. The number of thioether (sulfide) groups is 1. The number of thiophene rings is 1. The highest BCUT2D eigenvalue weighted by molar-refractivity contribution is 7.99. The van der Waals surface area contributed by atoms with Crippen LogP contribution in [0.15, 0.2) is 46.7 Å². The van der Waals surface area contributed by atoms with E-state index in [2.05, 4.69) is 60.9 Å². The molecule has 2 rings (SSSR count). The van der Waals surface area contributed by atoms with E-state index in [-0.39, 0.29) is 0 Å². The Morgan fingerprint density at radius 2 is 2.00 bits per heavy atom. The molecule has 0 bridgehead atoms. The van der Waals surface area contributed by atoms with E-state index in [4.69, 9.17) is 0 Å². The summed E-state index contributed by atoms with van der Waals surface area (Å²) in [5.41, 5.74) is 1.33. The zero-order valence-corrected chi connectivity index (χ0v) is 13.9. The van der Waals surface area contributed by atoms with E-state index in [0.717, 1.165) is 12.3 Å². The van der Waals surface area contributed by atoms with Crippen LogP contribution in [-0.2, 0) is 6.42 Å². The zero-order chi connectivity index (χ0) is 14.2. The average Bonchev–Trinajstić information content (AvgIpc) is 2.97. The molecule has 108 valence electrons. The molecule has 20 heavy (non-hydrogen) atoms. The van der Waals surface area contributed by atoms with Gasteiger partial charge in [-0.25, -0.2) is 0 Å². The first-order chi connectivity index (χ1) is 9.78. The van der Waals surface area contributed by atoms with Crippen LogP contribution in [0, 0.1) is 6.92 Å². The third-order valence-corrected chi connectivity index (χ3v) is 5.39. The molecule has 0 aliphatic heterocycles. The normalized spacial score (nSPS) is 12.5. The lowest BCUT2D eigenvalue weighted by molar-refractivity contribution is 0.539. The van der Waals surface area contributed by atoms with Crippen LogP contribution in [0.3, 0.4) is 0 Å². The fraction of sp³-hybridized carbons (Fsp3) is 0.412. The first-order valence-electron chi connectivity index (χ1n) is 7.23. The Labute approximate surface area is 130 Å². The second-order valence-electron chi connectivity index (χ2n) is 5.00. The summed E-state index contributed by atoms with van der Waals surface area (Å²) in [6, 6.07) is 13.8. The Bertz CT molecular complexity index is 476. The summed E-state index contributed by atoms with van der Waals surface area (Å²) >= 11 is 3.82. The Morgan fingerprint density at radius 3 is 2.65 bits per heavy atom. The van der Waals surface area contributed by atoms with Gasteiger partial charge in [0, 0.05) is 21.6 Å². The molecule has 1 heterocycles. The van der Waals surface area contributed by atoms with Crippen molar-refractivity contribution in [3.8, 4) is 0 Å². The van der Waals surface area contributed by atoms with Crippen LogP contribution in [0.1, 0.15) is 23.8 Å². The minimum absolute atomic E-state index is 0.591. The Kier molecular flexibility index (Phi) is 6.64. The van der Waals surface area contributed by atoms with E-state index in [9.17, 15) is 0 Å². The van der Waals surface area contributed by atoms with Gasteiger partial charge in [0.05, 0.1) is 0 Å². The van der Waals surface area contributed by atoms with Gasteiger partial charge < -0.3 is 5.32 Å². The number of hydrogen-bond acceptors (Lipinski definition) is 3. The van der Waals surface area contributed by atoms with Crippen LogP contribution in [-0.4, -0.2) is 18.3 Å². The van der Waals surface area contributed by atoms with Crippen LogP contribution in [0.25, 0.3) is 0 Å². The van der Waals surface area contributed by atoms with Crippen molar-refractivity contribution in [1.29, 1.82) is 0 Å². The van der Waals surface area contributed by atoms with E-state index in [1.807, 2.05) is 23.1 Å². The highest BCUT2D eigenvalue weighted by Gasteiger charge is 2.08. The van der Waals surface area contributed by atoms with Gasteiger partial charge in [0.15, 0.2) is 0 Å². The molecule has 2 aromatic rings. The molecule has 0 amide bonds. The van der Waals surface area contributed by atoms with Crippen molar-refractivity contribution in [2.24, 2.45) is 0 Å². The lowest BCUT2D eigenvalue weighted by Crippen LogP contribution is -2.31. The molecule has 0 aliphatic carbocycles. The van der Waals surface area contributed by atoms with Crippen LogP contribution < -0.4 is 5.32 Å². The quantitative estimate of drug-likeness (QED) is 0.706. The molecule has 0 spiro atoms. The summed E-state index contributed by atoms with van der Waals surface area (Å²) in [5.74, 6) is 1.14. The van der Waals surface area contributed by atoms with Gasteiger partial charge in [0.2, 0.25) is 0 Å². The van der Waals surface area contributed by atoms with Crippen LogP contribution in [0.2, 0.25) is 0 Å². The fourth-order valence-corrected chi connectivity index (χ4v) is 3.87. The van der Waals surface area contributed by atoms with E-state index >= 15 is 0 Å². The summed E-state index contributed by atoms with van der Waals surface area (Å²) in [5, 5.41) is 5.78. The Morgan fingerprint density at radius 1 is 1.20 bits per heavy atom. The summed E-state index contributed by atoms with van der Waals surface area (Å²) in [4.78, 5) is 2.86. The number of aryl methyl sites for hydroxylation is 2. The molecule has 3 heteroatoms. The standard InChI is InChI=1S/C17H23NS2/c1-3-18-15(8-11-16-5-4-12-19-16)13-20-17-9-6-14(2)7-10-17/h4-7,9-10,12,15,18H,3,8,11,13H2,1-2H3. The van der Waals surface area contributed by atoms with Gasteiger partial charge in [-0.3, -0.25) is 0 Å². The van der Waals surface area contributed by atoms with Crippen LogP contribution in [0.5, 0.6) is 0 Å². The van der Waals surface area contributed by atoms with Crippen molar-refractivity contribution in [3.63, 3.8) is 0 Å². The van der Waals surface area contributed by atoms with Gasteiger partial charge in [-0.1, -0.05) is 30.7 Å². The molecule has 1 atom stereocenters. The molecule has 1 aromatic heterocycles. The van der Waals surface area contributed by atoms with Gasteiger partial charge in [-0.15, -0.1) is 23.1 Å². The number of nitrogens with one attached hydrogen (secondary N) is 1. The minimum atomic E-state index is 0.591. The maximum Gasteiger partial charge on any atom is 0.0165 e. The van der Waals surface area contributed by atoms with E-state index < -0.39 is 0 Å². The van der Waals surface area contributed by atoms with Gasteiger partial charge in [0.25, 0.3) is 0 Å². The Balaban J connectivity index is 1.80. The summed E-state index contributed by atoms with van der Waals surface area (Å²) in [7, 11) is 0. The molecule has 0 aliphatic rings. The monoisotopic (exact) mass is 305 g/mol. The maximum absolute atomic E-state index is 3.61. The van der Waals surface area contributed by atoms with Crippen LogP contribution >= 0.6 is 23.1 Å². The van der Waals surface area contributed by atoms with Crippen molar-refractivity contribution in [2.75, 3.05) is 12.3 Å². The van der Waals surface area contributed by atoms with E-state index in [1.165, 1.54) is 28.2 Å². The second kappa shape index (κ2) is 8.50. The van der Waals surface area contributed by atoms with Crippen molar-refractivity contribution in [1.82, 2.24) is 5.32 Å². The molecule has 0 fully saturated rings. The summed E-state index contributed by atoms with van der Waals surface area (Å²) in [6.07, 6.45) is 2.40. The largest absolute Gasteiger partial charge is 0.313 e. The van der Waals surface area contributed by atoms with Gasteiger partial charge in [0.1, 0.15) is 0 Å². The lowest BCUT2D eigenvalue weighted by atomic mass is 10.1. The third-order valence-electron chi connectivity index (χ3n) is 3.28. The highest BCUT2D eigenvalue weighted by Crippen LogP contribution is 2.21. The van der Waals surface area contributed by atoms with Gasteiger partial charge >= 0.3 is 0 Å². The predicted octanol–water partition coefficient (Wildman–Crippen LogP) is 4.76. The summed E-state index contributed by atoms with van der Waals surface area (Å²) in [6.45, 7) is 5.37. The SMILES string of the molecule is CCNC(CCc1cccs1)CSc1ccc(C)cc1. The molecule has 1 nitrogen and oxygen atoms in total. The predicted molar refractivity (Wildman–Crippen MR) is 92.0 cm³/mol. The third kappa shape index (κ3) is 5.31. The molecule has 0 saturated heterocycles. The number of benzene rings is 1. The molecule has 0 radical (unpaired) electrons. The topological polar surface area (TPSA) is 12.0 Å². The molecular weight excluding hydrogens is 282 g/mol. The molecule has 1 unspecified atom stereocenters. The van der Waals surface area contributed by atoms with Crippen molar-refractivity contribution in [3.05, 3.63) is 52.2 Å². The van der Waals surface area contributed by atoms with Crippen LogP contribution in [0.4, 0.5) is 0 Å². The maximum atomic E-state index is 3.61. The van der Waals surface area contributed by atoms with Crippen molar-refractivity contribution in [2.45, 2.75) is 37.6 Å². The first-order valence-corrected chi connectivity index (χ1v) is 9.09. The highest BCUT2D eigenvalue weighted by atomic mass is 32.2. The first kappa shape index (κ1) is 15.6. The minimum Gasteiger partial charge on any atom is -0.313 e. The second-order valence-corrected chi connectivity index (χ2v) is 7.12. The van der Waals surface area contributed by atoms with E-state index in [0.29, 0.717) is 6.04 Å². The molecule has 1 N–H and O–H groups in total. The van der Waals surface area contributed by atoms with Gasteiger partial charge in [-0.2, -0.15) is 0 Å². The fourth-order valence-electron chi connectivity index (χ4n) is 2.14. The van der Waals surface area contributed by atoms with Crippen molar-refractivity contribution >= 4 is 23.1 Å². The number of rotatable bonds is 8. The summed E-state index contributed by atoms with van der Waals surface area (Å²) < 4.78 is 0. The average molecular weight is 306 g/mol. The Hall–Kier alpha value is -0.770. The number of hydrogen-bond donors (Lipinski definition) is 1. The molecule has 0 saturated carbocycles. The molecular formula is C17H23NS2. The molecule has 1 aromatic carbocycles. The zero-order valence-electron chi connectivity index (χ0n) is 12.3. The smallest absolute Gasteiger partial charge is 0.0165 e. The van der Waals surface area contributed by atoms with Crippen molar-refractivity contribution < 1.29 is 0 Å². The van der Waals surface area contributed by atoms with Gasteiger partial charge in [-0.05, 0) is 49.9 Å². The van der Waals surface area contributed by atoms with E-state index in [1.54, 1.807) is 0 Å².